The fourth-order valence-electron chi connectivity index (χ4n) is 2.65. The second kappa shape index (κ2) is 4.32. The Kier molecular flexibility index (Phi) is 3.19. The molecule has 0 atom stereocenters. The molecule has 0 bridgehead atoms. The van der Waals surface area contributed by atoms with Gasteiger partial charge in [0.25, 0.3) is 0 Å². The first-order valence-corrected chi connectivity index (χ1v) is 6.43. The SMILES string of the molecule is CC(C)(C)C1CCC(c2nc(=S)o[nH]2)CC1. The zero-order valence-corrected chi connectivity index (χ0v) is 11.1. The van der Waals surface area contributed by atoms with E-state index in [-0.39, 0.29) is 0 Å². The number of hydrogen-bond donors (Lipinski definition) is 1. The van der Waals surface area contributed by atoms with Crippen molar-refractivity contribution in [2.45, 2.75) is 52.4 Å². The summed E-state index contributed by atoms with van der Waals surface area (Å²) in [5.41, 5.74) is 0.432. The van der Waals surface area contributed by atoms with E-state index >= 15 is 0 Å². The van der Waals surface area contributed by atoms with E-state index in [0.717, 1.165) is 11.7 Å². The van der Waals surface area contributed by atoms with Gasteiger partial charge in [0.05, 0.1) is 0 Å². The molecule has 1 heterocycles. The predicted molar refractivity (Wildman–Crippen MR) is 65.8 cm³/mol. The van der Waals surface area contributed by atoms with Gasteiger partial charge < -0.3 is 4.52 Å². The van der Waals surface area contributed by atoms with Gasteiger partial charge in [0.2, 0.25) is 0 Å². The Hall–Kier alpha value is -0.640. The Morgan fingerprint density at radius 2 is 1.88 bits per heavy atom. The molecule has 2 rings (SSSR count). The summed E-state index contributed by atoms with van der Waals surface area (Å²) in [7, 11) is 0. The van der Waals surface area contributed by atoms with Crippen molar-refractivity contribution in [2.24, 2.45) is 11.3 Å². The van der Waals surface area contributed by atoms with Crippen LogP contribution in [-0.2, 0) is 0 Å². The van der Waals surface area contributed by atoms with Crippen molar-refractivity contribution < 1.29 is 4.52 Å². The van der Waals surface area contributed by atoms with Gasteiger partial charge in [-0.05, 0) is 49.2 Å². The molecule has 0 unspecified atom stereocenters. The van der Waals surface area contributed by atoms with E-state index in [1.807, 2.05) is 0 Å². The molecule has 1 aromatic heterocycles. The minimum Gasteiger partial charge on any atom is -0.348 e. The van der Waals surface area contributed by atoms with Crippen molar-refractivity contribution in [3.63, 3.8) is 0 Å². The molecule has 0 aromatic carbocycles. The maximum Gasteiger partial charge on any atom is 0.314 e. The van der Waals surface area contributed by atoms with Crippen LogP contribution in [0.5, 0.6) is 0 Å². The van der Waals surface area contributed by atoms with Gasteiger partial charge in [-0.25, -0.2) is 5.16 Å². The van der Waals surface area contributed by atoms with Crippen molar-refractivity contribution in [2.75, 3.05) is 0 Å². The Labute approximate surface area is 102 Å². The van der Waals surface area contributed by atoms with Crippen LogP contribution in [-0.4, -0.2) is 10.1 Å². The highest BCUT2D eigenvalue weighted by Crippen LogP contribution is 2.42. The van der Waals surface area contributed by atoms with Gasteiger partial charge in [-0.2, -0.15) is 4.98 Å². The summed E-state index contributed by atoms with van der Waals surface area (Å²) in [5, 5.41) is 2.84. The maximum atomic E-state index is 4.99. The highest BCUT2D eigenvalue weighted by Gasteiger charge is 2.31. The third-order valence-corrected chi connectivity index (χ3v) is 3.97. The topological polar surface area (TPSA) is 41.8 Å². The molecule has 1 saturated carbocycles. The molecule has 1 N–H and O–H groups in total. The molecule has 0 amide bonds. The Bertz CT molecular complexity index is 394. The van der Waals surface area contributed by atoms with Gasteiger partial charge in [0.15, 0.2) is 0 Å². The molecule has 0 radical (unpaired) electrons. The van der Waals surface area contributed by atoms with E-state index in [1.165, 1.54) is 25.7 Å². The molecule has 1 fully saturated rings. The average molecular weight is 240 g/mol. The van der Waals surface area contributed by atoms with Gasteiger partial charge in [-0.1, -0.05) is 20.8 Å². The van der Waals surface area contributed by atoms with E-state index in [9.17, 15) is 0 Å². The lowest BCUT2D eigenvalue weighted by molar-refractivity contribution is 0.166. The second-order valence-corrected chi connectivity index (χ2v) is 6.23. The maximum absolute atomic E-state index is 4.99. The minimum absolute atomic E-state index is 0.327. The van der Waals surface area contributed by atoms with Crippen LogP contribution >= 0.6 is 12.2 Å². The monoisotopic (exact) mass is 240 g/mol. The van der Waals surface area contributed by atoms with Crippen molar-refractivity contribution in [3.8, 4) is 0 Å². The van der Waals surface area contributed by atoms with E-state index < -0.39 is 0 Å². The number of H-pyrrole nitrogens is 1. The largest absolute Gasteiger partial charge is 0.348 e. The summed E-state index contributed by atoms with van der Waals surface area (Å²) in [4.78, 5) is 4.54. The molecule has 0 spiro atoms. The average Bonchev–Trinajstić information content (AvgIpc) is 2.64. The van der Waals surface area contributed by atoms with Crippen LogP contribution in [0.2, 0.25) is 0 Å². The van der Waals surface area contributed by atoms with E-state index in [1.54, 1.807) is 0 Å². The molecule has 16 heavy (non-hydrogen) atoms. The number of aromatic amines is 1. The number of nitrogens with one attached hydrogen (secondary N) is 1. The minimum atomic E-state index is 0.327. The van der Waals surface area contributed by atoms with Crippen LogP contribution in [0.4, 0.5) is 0 Å². The third-order valence-electron chi connectivity index (χ3n) is 3.79. The van der Waals surface area contributed by atoms with Crippen LogP contribution in [0.15, 0.2) is 4.52 Å². The van der Waals surface area contributed by atoms with E-state index in [4.69, 9.17) is 16.7 Å². The Balaban J connectivity index is 1.98. The predicted octanol–water partition coefficient (Wildman–Crippen LogP) is 4.05. The van der Waals surface area contributed by atoms with Crippen molar-refractivity contribution in [3.05, 3.63) is 10.7 Å². The first kappa shape index (κ1) is 11.8. The lowest BCUT2D eigenvalue weighted by atomic mass is 9.70. The third kappa shape index (κ3) is 2.54. The molecule has 1 aliphatic rings. The van der Waals surface area contributed by atoms with Gasteiger partial charge in [-0.3, -0.25) is 0 Å². The van der Waals surface area contributed by atoms with Crippen molar-refractivity contribution >= 4 is 12.2 Å². The first-order chi connectivity index (χ1) is 7.47. The molecular formula is C12H20N2OS. The zero-order valence-electron chi connectivity index (χ0n) is 10.2. The molecule has 3 nitrogen and oxygen atoms in total. The Morgan fingerprint density at radius 3 is 2.31 bits per heavy atom. The standard InChI is InChI=1S/C12H20N2OS/c1-12(2,3)9-6-4-8(5-7-9)10-13-11(16)15-14-10/h8-9H,4-7H2,1-3H3,(H,13,14,16). The van der Waals surface area contributed by atoms with Crippen LogP contribution in [0.25, 0.3) is 0 Å². The van der Waals surface area contributed by atoms with Crippen LogP contribution < -0.4 is 0 Å². The lowest BCUT2D eigenvalue weighted by Gasteiger charge is -2.36. The normalized spacial score (nSPS) is 26.9. The molecule has 1 aliphatic carbocycles. The summed E-state index contributed by atoms with van der Waals surface area (Å²) >= 11 is 4.88. The van der Waals surface area contributed by atoms with Crippen molar-refractivity contribution in [1.29, 1.82) is 0 Å². The summed E-state index contributed by atoms with van der Waals surface area (Å²) in [6, 6.07) is 0. The molecular weight excluding hydrogens is 220 g/mol. The number of rotatable bonds is 1. The fraction of sp³-hybridized carbons (Fsp3) is 0.833. The first-order valence-electron chi connectivity index (χ1n) is 6.02. The van der Waals surface area contributed by atoms with E-state index in [2.05, 4.69) is 30.9 Å². The van der Waals surface area contributed by atoms with Crippen molar-refractivity contribution in [1.82, 2.24) is 10.1 Å². The molecule has 4 heteroatoms. The molecule has 1 aromatic rings. The second-order valence-electron chi connectivity index (χ2n) is 5.88. The van der Waals surface area contributed by atoms with Gasteiger partial charge in [0.1, 0.15) is 5.82 Å². The van der Waals surface area contributed by atoms with Crippen LogP contribution in [0.3, 0.4) is 0 Å². The number of hydrogen-bond acceptors (Lipinski definition) is 3. The smallest absolute Gasteiger partial charge is 0.314 e. The summed E-state index contributed by atoms with van der Waals surface area (Å²) < 4.78 is 4.99. The molecule has 0 aliphatic heterocycles. The highest BCUT2D eigenvalue weighted by molar-refractivity contribution is 7.71. The lowest BCUT2D eigenvalue weighted by Crippen LogP contribution is -2.25. The van der Waals surface area contributed by atoms with Gasteiger partial charge >= 0.3 is 4.84 Å². The number of nitrogens with zero attached hydrogens (tertiary/aromatic N) is 1. The number of aromatic nitrogens is 2. The highest BCUT2D eigenvalue weighted by atomic mass is 32.1. The van der Waals surface area contributed by atoms with Gasteiger partial charge in [0, 0.05) is 5.92 Å². The summed E-state index contributed by atoms with van der Waals surface area (Å²) in [5.74, 6) is 2.29. The molecule has 90 valence electrons. The van der Waals surface area contributed by atoms with Crippen LogP contribution in [0.1, 0.15) is 58.2 Å². The fourth-order valence-corrected chi connectivity index (χ4v) is 2.79. The summed E-state index contributed by atoms with van der Waals surface area (Å²) in [6.07, 6.45) is 4.95. The van der Waals surface area contributed by atoms with Gasteiger partial charge in [-0.15, -0.1) is 0 Å². The Morgan fingerprint density at radius 1 is 1.25 bits per heavy atom. The quantitative estimate of drug-likeness (QED) is 0.753. The van der Waals surface area contributed by atoms with E-state index in [0.29, 0.717) is 16.2 Å². The summed E-state index contributed by atoms with van der Waals surface area (Å²) in [6.45, 7) is 7.00. The van der Waals surface area contributed by atoms with Crippen LogP contribution in [0, 0.1) is 16.2 Å². The zero-order chi connectivity index (χ0) is 11.8. The molecule has 0 saturated heterocycles.